The molecule has 2 heterocycles. The van der Waals surface area contributed by atoms with Crippen LogP contribution in [0.15, 0.2) is 53.1 Å². The summed E-state index contributed by atoms with van der Waals surface area (Å²) in [5, 5.41) is 5.12. The Balaban J connectivity index is 1.23. The highest BCUT2D eigenvalue weighted by Crippen LogP contribution is 2.32. The van der Waals surface area contributed by atoms with Crippen molar-refractivity contribution in [3.8, 4) is 11.5 Å². The molecule has 0 atom stereocenters. The second-order valence-electron chi connectivity index (χ2n) is 7.98. The number of Topliss-reactive ketones (excluding diaryl/α,β-unsaturated/α-hetero) is 1. The maximum absolute atomic E-state index is 13.4. The van der Waals surface area contributed by atoms with Crippen molar-refractivity contribution in [2.75, 3.05) is 33.4 Å². The Bertz CT molecular complexity index is 1120. The number of carbonyl (C=O) groups is 1. The first-order valence-corrected chi connectivity index (χ1v) is 10.8. The molecule has 1 fully saturated rings. The van der Waals surface area contributed by atoms with Gasteiger partial charge in [0.1, 0.15) is 23.9 Å². The fourth-order valence-electron chi connectivity index (χ4n) is 4.10. The van der Waals surface area contributed by atoms with Crippen LogP contribution in [0.5, 0.6) is 11.5 Å². The number of rotatable bonds is 8. The van der Waals surface area contributed by atoms with Crippen LogP contribution >= 0.6 is 0 Å². The van der Waals surface area contributed by atoms with Gasteiger partial charge in [-0.1, -0.05) is 17.3 Å². The number of fused-ring (bicyclic) bond motifs is 1. The molecule has 0 radical (unpaired) electrons. The van der Waals surface area contributed by atoms with E-state index >= 15 is 0 Å². The van der Waals surface area contributed by atoms with E-state index in [1.807, 2.05) is 6.08 Å². The molecule has 0 saturated carbocycles. The molecule has 0 unspecified atom stereocenters. The van der Waals surface area contributed by atoms with E-state index in [0.29, 0.717) is 35.2 Å². The lowest BCUT2D eigenvalue weighted by atomic mass is 9.91. The van der Waals surface area contributed by atoms with Crippen LogP contribution in [0.2, 0.25) is 0 Å². The maximum Gasteiger partial charge on any atom is 0.170 e. The molecule has 7 heteroatoms. The lowest BCUT2D eigenvalue weighted by Crippen LogP contribution is -2.33. The number of nitrogens with zero attached hydrogens (tertiary/aromatic N) is 2. The summed E-state index contributed by atoms with van der Waals surface area (Å²) in [6.07, 6.45) is 6.09. The van der Waals surface area contributed by atoms with E-state index in [2.05, 4.69) is 16.1 Å². The summed E-state index contributed by atoms with van der Waals surface area (Å²) < 4.78 is 29.7. The van der Waals surface area contributed by atoms with Gasteiger partial charge in [0.05, 0.1) is 18.4 Å². The molecule has 2 aromatic carbocycles. The maximum atomic E-state index is 13.4. The zero-order chi connectivity index (χ0) is 22.5. The van der Waals surface area contributed by atoms with Gasteiger partial charge in [0, 0.05) is 30.0 Å². The molecular formula is C25H27FN2O4. The number of halogens is 1. The first-order chi connectivity index (χ1) is 15.5. The van der Waals surface area contributed by atoms with Crippen LogP contribution in [-0.4, -0.2) is 49.2 Å². The predicted octanol–water partition coefficient (Wildman–Crippen LogP) is 4.99. The third kappa shape index (κ3) is 4.99. The summed E-state index contributed by atoms with van der Waals surface area (Å²) in [4.78, 5) is 14.0. The number of methoxy groups -OCH3 is 1. The van der Waals surface area contributed by atoms with Gasteiger partial charge in [-0.25, -0.2) is 4.39 Å². The fraction of sp³-hybridized carbons (Fsp3) is 0.360. The number of piperidine rings is 1. The molecule has 168 valence electrons. The average molecular weight is 438 g/mol. The molecule has 3 aromatic rings. The molecule has 0 N–H and O–H groups in total. The van der Waals surface area contributed by atoms with Crippen LogP contribution < -0.4 is 9.47 Å². The van der Waals surface area contributed by atoms with E-state index in [0.717, 1.165) is 43.6 Å². The van der Waals surface area contributed by atoms with Gasteiger partial charge in [-0.05, 0) is 57.1 Å². The highest BCUT2D eigenvalue weighted by molar-refractivity contribution is 5.97. The van der Waals surface area contributed by atoms with Crippen molar-refractivity contribution in [2.45, 2.75) is 25.7 Å². The number of carbonyl (C=O) groups excluding carboxylic acids is 1. The van der Waals surface area contributed by atoms with Gasteiger partial charge >= 0.3 is 0 Å². The van der Waals surface area contributed by atoms with Crippen molar-refractivity contribution in [1.29, 1.82) is 0 Å². The molecule has 1 saturated heterocycles. The monoisotopic (exact) mass is 438 g/mol. The lowest BCUT2D eigenvalue weighted by molar-refractivity contribution is 0.101. The van der Waals surface area contributed by atoms with Crippen molar-refractivity contribution in [3.63, 3.8) is 0 Å². The highest BCUT2D eigenvalue weighted by atomic mass is 19.1. The van der Waals surface area contributed by atoms with Gasteiger partial charge in [-0.3, -0.25) is 9.69 Å². The zero-order valence-corrected chi connectivity index (χ0v) is 18.3. The molecule has 1 aliphatic heterocycles. The standard InChI is InChI=1S/C25H27FN2O4/c1-17(29)21-8-6-20(16-23(21)30-2)31-14-4-3-11-28-12-9-18(10-13-28)25-22-7-5-19(26)15-24(22)32-27-25/h3-8,15-16,18H,9-14H2,1-2H3/b4-3-. The Hall–Kier alpha value is -3.19. The molecule has 0 amide bonds. The van der Waals surface area contributed by atoms with Gasteiger partial charge in [-0.15, -0.1) is 0 Å². The molecule has 32 heavy (non-hydrogen) atoms. The van der Waals surface area contributed by atoms with Crippen LogP contribution in [0.3, 0.4) is 0 Å². The molecule has 0 bridgehead atoms. The third-order valence-corrected chi connectivity index (χ3v) is 5.87. The Morgan fingerprint density at radius 2 is 2.03 bits per heavy atom. The molecule has 6 nitrogen and oxygen atoms in total. The van der Waals surface area contributed by atoms with E-state index < -0.39 is 0 Å². The molecule has 1 aromatic heterocycles. The minimum absolute atomic E-state index is 0.0392. The minimum Gasteiger partial charge on any atom is -0.496 e. The van der Waals surface area contributed by atoms with Gasteiger partial charge < -0.3 is 14.0 Å². The summed E-state index contributed by atoms with van der Waals surface area (Å²) in [6.45, 7) is 4.75. The summed E-state index contributed by atoms with van der Waals surface area (Å²) in [7, 11) is 1.54. The largest absolute Gasteiger partial charge is 0.496 e. The van der Waals surface area contributed by atoms with Gasteiger partial charge in [-0.2, -0.15) is 0 Å². The van der Waals surface area contributed by atoms with Crippen LogP contribution in [0.4, 0.5) is 4.39 Å². The van der Waals surface area contributed by atoms with Gasteiger partial charge in [0.2, 0.25) is 0 Å². The minimum atomic E-state index is -0.307. The normalized spacial score (nSPS) is 15.5. The number of benzene rings is 2. The molecule has 4 rings (SSSR count). The Labute approximate surface area is 186 Å². The predicted molar refractivity (Wildman–Crippen MR) is 120 cm³/mol. The van der Waals surface area contributed by atoms with Crippen LogP contribution in [0.25, 0.3) is 11.0 Å². The molecule has 0 aliphatic carbocycles. The third-order valence-electron chi connectivity index (χ3n) is 5.87. The van der Waals surface area contributed by atoms with E-state index in [1.54, 1.807) is 31.4 Å². The molecule has 1 aliphatic rings. The van der Waals surface area contributed by atoms with Gasteiger partial charge in [0.15, 0.2) is 11.4 Å². The quantitative estimate of drug-likeness (QED) is 0.365. The number of hydrogen-bond donors (Lipinski definition) is 0. The van der Waals surface area contributed by atoms with E-state index in [4.69, 9.17) is 14.0 Å². The first-order valence-electron chi connectivity index (χ1n) is 10.8. The summed E-state index contributed by atoms with van der Waals surface area (Å²) in [5.41, 5.74) is 2.00. The number of ketones is 1. The Kier molecular flexibility index (Phi) is 6.85. The van der Waals surface area contributed by atoms with Crippen molar-refractivity contribution in [2.24, 2.45) is 0 Å². The topological polar surface area (TPSA) is 64.8 Å². The summed E-state index contributed by atoms with van der Waals surface area (Å²) >= 11 is 0. The van der Waals surface area contributed by atoms with Crippen molar-refractivity contribution in [1.82, 2.24) is 10.1 Å². The zero-order valence-electron chi connectivity index (χ0n) is 18.3. The van der Waals surface area contributed by atoms with Gasteiger partial charge in [0.25, 0.3) is 0 Å². The average Bonchev–Trinajstić information content (AvgIpc) is 3.22. The van der Waals surface area contributed by atoms with Crippen molar-refractivity contribution < 1.29 is 23.2 Å². The summed E-state index contributed by atoms with van der Waals surface area (Å²) in [5.74, 6) is 1.17. The number of likely N-dealkylation sites (tertiary alicyclic amines) is 1. The highest BCUT2D eigenvalue weighted by Gasteiger charge is 2.24. The Morgan fingerprint density at radius 3 is 2.78 bits per heavy atom. The van der Waals surface area contributed by atoms with Crippen LogP contribution in [0, 0.1) is 5.82 Å². The second kappa shape index (κ2) is 9.96. The molecular weight excluding hydrogens is 411 g/mol. The lowest BCUT2D eigenvalue weighted by Gasteiger charge is -2.30. The van der Waals surface area contributed by atoms with E-state index in [-0.39, 0.29) is 11.6 Å². The fourth-order valence-corrected chi connectivity index (χ4v) is 4.10. The van der Waals surface area contributed by atoms with E-state index in [9.17, 15) is 9.18 Å². The number of hydrogen-bond acceptors (Lipinski definition) is 6. The van der Waals surface area contributed by atoms with Crippen LogP contribution in [0.1, 0.15) is 41.7 Å². The number of ether oxygens (including phenoxy) is 2. The van der Waals surface area contributed by atoms with Crippen LogP contribution in [-0.2, 0) is 0 Å². The summed E-state index contributed by atoms with van der Waals surface area (Å²) in [6, 6.07) is 9.84. The van der Waals surface area contributed by atoms with E-state index in [1.165, 1.54) is 19.1 Å². The van der Waals surface area contributed by atoms with Crippen molar-refractivity contribution >= 4 is 16.8 Å². The SMILES string of the molecule is COc1cc(OC/C=C\CN2CCC(c3noc4cc(F)ccc34)CC2)ccc1C(C)=O. The van der Waals surface area contributed by atoms with Crippen molar-refractivity contribution in [3.05, 3.63) is 65.6 Å². The molecule has 0 spiro atoms. The number of aromatic nitrogens is 1. The second-order valence-corrected chi connectivity index (χ2v) is 7.98. The first kappa shape index (κ1) is 22.0. The smallest absolute Gasteiger partial charge is 0.170 e. The Morgan fingerprint density at radius 1 is 1.22 bits per heavy atom.